The first kappa shape index (κ1) is 11.8. The number of hydrogen-bond acceptors (Lipinski definition) is 4. The van der Waals surface area contributed by atoms with Crippen LogP contribution >= 0.6 is 0 Å². The number of rotatable bonds is 4. The molecule has 0 saturated heterocycles. The van der Waals surface area contributed by atoms with Gasteiger partial charge in [-0.15, -0.1) is 0 Å². The van der Waals surface area contributed by atoms with E-state index in [9.17, 15) is 18.9 Å². The lowest BCUT2D eigenvalue weighted by Crippen LogP contribution is -2.10. The van der Waals surface area contributed by atoms with Gasteiger partial charge in [-0.25, -0.2) is 8.78 Å². The maximum Gasteiger partial charge on any atom is 0.289 e. The SMILES string of the molecule is N#Cc1ccc(NCC(F)F)cc1[N+](=O)[O-]. The molecule has 0 aliphatic heterocycles. The largest absolute Gasteiger partial charge is 0.379 e. The number of halogens is 2. The molecule has 7 heteroatoms. The van der Waals surface area contributed by atoms with Crippen LogP contribution in [0.15, 0.2) is 18.2 Å². The van der Waals surface area contributed by atoms with Crippen molar-refractivity contribution in [3.8, 4) is 6.07 Å². The molecule has 0 bridgehead atoms. The summed E-state index contributed by atoms with van der Waals surface area (Å²) in [6, 6.07) is 5.26. The minimum absolute atomic E-state index is 0.104. The maximum absolute atomic E-state index is 11.9. The number of hydrogen-bond donors (Lipinski definition) is 1. The summed E-state index contributed by atoms with van der Waals surface area (Å²) in [6.45, 7) is -0.594. The second-order valence-corrected chi connectivity index (χ2v) is 2.87. The second kappa shape index (κ2) is 5.02. The van der Waals surface area contributed by atoms with E-state index in [1.807, 2.05) is 0 Å². The van der Waals surface area contributed by atoms with E-state index in [2.05, 4.69) is 5.32 Å². The third kappa shape index (κ3) is 2.88. The molecule has 0 aliphatic carbocycles. The summed E-state index contributed by atoms with van der Waals surface area (Å²) in [5.41, 5.74) is -0.319. The Morgan fingerprint density at radius 1 is 1.56 bits per heavy atom. The van der Waals surface area contributed by atoms with Crippen molar-refractivity contribution in [2.75, 3.05) is 11.9 Å². The van der Waals surface area contributed by atoms with Crippen molar-refractivity contribution < 1.29 is 13.7 Å². The number of alkyl halides is 2. The van der Waals surface area contributed by atoms with E-state index in [4.69, 9.17) is 5.26 Å². The van der Waals surface area contributed by atoms with Crippen LogP contribution in [0, 0.1) is 21.4 Å². The zero-order valence-electron chi connectivity index (χ0n) is 7.98. The van der Waals surface area contributed by atoms with Crippen LogP contribution in [-0.2, 0) is 0 Å². The molecule has 0 saturated carbocycles. The van der Waals surface area contributed by atoms with Gasteiger partial charge >= 0.3 is 0 Å². The lowest BCUT2D eigenvalue weighted by Gasteiger charge is -2.05. The molecule has 0 aromatic heterocycles. The van der Waals surface area contributed by atoms with Crippen molar-refractivity contribution in [1.29, 1.82) is 5.26 Å². The van der Waals surface area contributed by atoms with Gasteiger partial charge in [-0.1, -0.05) is 0 Å². The molecule has 5 nitrogen and oxygen atoms in total. The van der Waals surface area contributed by atoms with E-state index in [0.717, 1.165) is 6.07 Å². The molecule has 1 aromatic rings. The van der Waals surface area contributed by atoms with Gasteiger partial charge in [0, 0.05) is 11.8 Å². The molecule has 0 aliphatic rings. The van der Waals surface area contributed by atoms with Crippen LogP contribution in [0.25, 0.3) is 0 Å². The monoisotopic (exact) mass is 227 g/mol. The summed E-state index contributed by atoms with van der Waals surface area (Å²) in [5.74, 6) is 0. The predicted molar refractivity (Wildman–Crippen MR) is 52.3 cm³/mol. The number of nitro groups is 1. The average Bonchev–Trinajstić information content (AvgIpc) is 2.25. The molecule has 1 aromatic carbocycles. The van der Waals surface area contributed by atoms with E-state index in [0.29, 0.717) is 0 Å². The first-order valence-corrected chi connectivity index (χ1v) is 4.25. The van der Waals surface area contributed by atoms with Gasteiger partial charge in [0.2, 0.25) is 0 Å². The molecule has 16 heavy (non-hydrogen) atoms. The number of anilines is 1. The van der Waals surface area contributed by atoms with Gasteiger partial charge in [0.1, 0.15) is 11.6 Å². The van der Waals surface area contributed by atoms with Crippen LogP contribution in [0.2, 0.25) is 0 Å². The van der Waals surface area contributed by atoms with E-state index < -0.39 is 23.6 Å². The molecule has 0 spiro atoms. The summed E-state index contributed by atoms with van der Waals surface area (Å²) < 4.78 is 23.8. The second-order valence-electron chi connectivity index (χ2n) is 2.87. The Morgan fingerprint density at radius 3 is 2.75 bits per heavy atom. The lowest BCUT2D eigenvalue weighted by molar-refractivity contribution is -0.385. The zero-order chi connectivity index (χ0) is 12.1. The Morgan fingerprint density at radius 2 is 2.25 bits per heavy atom. The van der Waals surface area contributed by atoms with E-state index in [1.54, 1.807) is 6.07 Å². The summed E-state index contributed by atoms with van der Waals surface area (Å²) in [7, 11) is 0. The van der Waals surface area contributed by atoms with Gasteiger partial charge < -0.3 is 5.32 Å². The van der Waals surface area contributed by atoms with Crippen molar-refractivity contribution in [3.05, 3.63) is 33.9 Å². The molecular formula is C9H7F2N3O2. The van der Waals surface area contributed by atoms with E-state index in [1.165, 1.54) is 12.1 Å². The number of nitrogens with one attached hydrogen (secondary N) is 1. The Hall–Kier alpha value is -2.23. The number of nitriles is 1. The fraction of sp³-hybridized carbons (Fsp3) is 0.222. The molecule has 0 atom stereocenters. The fourth-order valence-electron chi connectivity index (χ4n) is 1.08. The van der Waals surface area contributed by atoms with Gasteiger partial charge in [-0.2, -0.15) is 5.26 Å². The topological polar surface area (TPSA) is 79.0 Å². The Kier molecular flexibility index (Phi) is 3.72. The number of nitro benzene ring substituents is 1. The molecular weight excluding hydrogens is 220 g/mol. The normalized spacial score (nSPS) is 9.88. The van der Waals surface area contributed by atoms with Crippen molar-refractivity contribution in [3.63, 3.8) is 0 Å². The van der Waals surface area contributed by atoms with Crippen LogP contribution in [0.5, 0.6) is 0 Å². The Balaban J connectivity index is 2.95. The zero-order valence-corrected chi connectivity index (χ0v) is 7.98. The van der Waals surface area contributed by atoms with Crippen LogP contribution in [0.1, 0.15) is 5.56 Å². The van der Waals surface area contributed by atoms with Gasteiger partial charge in [0.05, 0.1) is 11.5 Å². The summed E-state index contributed by atoms with van der Waals surface area (Å²) in [6.07, 6.45) is -2.55. The van der Waals surface area contributed by atoms with Crippen LogP contribution in [0.4, 0.5) is 20.2 Å². The number of benzene rings is 1. The molecule has 0 unspecified atom stereocenters. The minimum Gasteiger partial charge on any atom is -0.379 e. The van der Waals surface area contributed by atoms with Crippen molar-refractivity contribution in [2.45, 2.75) is 6.43 Å². The predicted octanol–water partition coefficient (Wildman–Crippen LogP) is 2.14. The molecule has 1 N–H and O–H groups in total. The third-order valence-electron chi connectivity index (χ3n) is 1.78. The Bertz CT molecular complexity index is 443. The first-order chi connectivity index (χ1) is 7.54. The minimum atomic E-state index is -2.55. The fourth-order valence-corrected chi connectivity index (χ4v) is 1.08. The lowest BCUT2D eigenvalue weighted by atomic mass is 10.2. The quantitative estimate of drug-likeness (QED) is 0.631. The molecule has 1 rings (SSSR count). The maximum atomic E-state index is 11.9. The highest BCUT2D eigenvalue weighted by Crippen LogP contribution is 2.22. The molecule has 0 radical (unpaired) electrons. The highest BCUT2D eigenvalue weighted by atomic mass is 19.3. The standard InChI is InChI=1S/C9H7F2N3O2/c10-9(11)5-13-7-2-1-6(4-12)8(3-7)14(15)16/h1-3,9,13H,5H2. The molecule has 0 amide bonds. The van der Waals surface area contributed by atoms with Crippen molar-refractivity contribution >= 4 is 11.4 Å². The molecule has 84 valence electrons. The highest BCUT2D eigenvalue weighted by molar-refractivity contribution is 5.59. The van der Waals surface area contributed by atoms with Crippen LogP contribution in [-0.4, -0.2) is 17.9 Å². The summed E-state index contributed by atoms with van der Waals surface area (Å²) in [5, 5.41) is 21.5. The van der Waals surface area contributed by atoms with Gasteiger partial charge in [-0.05, 0) is 12.1 Å². The molecule has 0 fully saturated rings. The van der Waals surface area contributed by atoms with E-state index >= 15 is 0 Å². The third-order valence-corrected chi connectivity index (χ3v) is 1.78. The summed E-state index contributed by atoms with van der Waals surface area (Å²) in [4.78, 5) is 9.82. The van der Waals surface area contributed by atoms with Crippen molar-refractivity contribution in [2.24, 2.45) is 0 Å². The van der Waals surface area contributed by atoms with E-state index in [-0.39, 0.29) is 11.3 Å². The highest BCUT2D eigenvalue weighted by Gasteiger charge is 2.14. The number of nitrogens with zero attached hydrogens (tertiary/aromatic N) is 2. The van der Waals surface area contributed by atoms with Crippen LogP contribution in [0.3, 0.4) is 0 Å². The van der Waals surface area contributed by atoms with Gasteiger partial charge in [-0.3, -0.25) is 10.1 Å². The van der Waals surface area contributed by atoms with Crippen molar-refractivity contribution in [1.82, 2.24) is 0 Å². The van der Waals surface area contributed by atoms with Gasteiger partial charge in [0.15, 0.2) is 0 Å². The average molecular weight is 227 g/mol. The summed E-state index contributed by atoms with van der Waals surface area (Å²) >= 11 is 0. The first-order valence-electron chi connectivity index (χ1n) is 4.25. The van der Waals surface area contributed by atoms with Gasteiger partial charge in [0.25, 0.3) is 12.1 Å². The Labute approximate surface area is 89.5 Å². The molecule has 0 heterocycles. The smallest absolute Gasteiger partial charge is 0.289 e. The van der Waals surface area contributed by atoms with Crippen LogP contribution < -0.4 is 5.32 Å².